The summed E-state index contributed by atoms with van der Waals surface area (Å²) in [5.74, 6) is 0.436. The van der Waals surface area contributed by atoms with E-state index < -0.39 is 5.91 Å². The van der Waals surface area contributed by atoms with Crippen LogP contribution in [0.5, 0.6) is 5.75 Å². The summed E-state index contributed by atoms with van der Waals surface area (Å²) in [6, 6.07) is 19.8. The lowest BCUT2D eigenvalue weighted by molar-refractivity contribution is -0.121. The number of furan rings is 1. The third kappa shape index (κ3) is 5.72. The fourth-order valence-electron chi connectivity index (χ4n) is 2.27. The molecular weight excluding hydrogens is 412 g/mol. The average molecular weight is 429 g/mol. The molecule has 1 heterocycles. The maximum Gasteiger partial charge on any atom is 0.305 e. The number of para-hydroxylation sites is 1. The lowest BCUT2D eigenvalue weighted by Crippen LogP contribution is -2.42. The van der Waals surface area contributed by atoms with Crippen LogP contribution in [0.15, 0.2) is 75.6 Å². The highest BCUT2D eigenvalue weighted by Crippen LogP contribution is 2.14. The van der Waals surface area contributed by atoms with Crippen molar-refractivity contribution in [1.82, 2.24) is 10.9 Å². The molecule has 3 aromatic rings. The van der Waals surface area contributed by atoms with Crippen LogP contribution in [0.2, 0.25) is 0 Å². The zero-order valence-corrected chi connectivity index (χ0v) is 15.9. The van der Waals surface area contributed by atoms with Crippen molar-refractivity contribution in [1.29, 1.82) is 0 Å². The number of carbonyl (C=O) groups excluding carboxylic acids is 2. The van der Waals surface area contributed by atoms with Gasteiger partial charge in [0, 0.05) is 4.47 Å². The fraction of sp³-hybridized carbons (Fsp3) is 0.100. The summed E-state index contributed by atoms with van der Waals surface area (Å²) in [7, 11) is 0. The first-order chi connectivity index (χ1) is 13.1. The number of rotatable bonds is 6. The third-order valence-corrected chi connectivity index (χ3v) is 4.13. The van der Waals surface area contributed by atoms with Gasteiger partial charge in [0.25, 0.3) is 0 Å². The van der Waals surface area contributed by atoms with E-state index in [1.54, 1.807) is 6.07 Å². The highest BCUT2D eigenvalue weighted by atomic mass is 79.9. The Morgan fingerprint density at radius 1 is 0.926 bits per heavy atom. The van der Waals surface area contributed by atoms with Gasteiger partial charge in [-0.15, -0.1) is 0 Å². The van der Waals surface area contributed by atoms with Crippen LogP contribution in [-0.4, -0.2) is 11.8 Å². The molecule has 2 aromatic carbocycles. The van der Waals surface area contributed by atoms with Crippen LogP contribution in [0, 0.1) is 0 Å². The van der Waals surface area contributed by atoms with Gasteiger partial charge in [0.1, 0.15) is 18.1 Å². The zero-order valence-electron chi connectivity index (χ0n) is 14.3. The molecule has 3 rings (SSSR count). The Labute approximate surface area is 164 Å². The normalized spacial score (nSPS) is 10.3. The van der Waals surface area contributed by atoms with Gasteiger partial charge >= 0.3 is 5.91 Å². The molecule has 0 saturated heterocycles. The number of hydrogen-bond donors (Lipinski definition) is 2. The van der Waals surface area contributed by atoms with E-state index in [-0.39, 0.29) is 24.7 Å². The van der Waals surface area contributed by atoms with E-state index >= 15 is 0 Å². The van der Waals surface area contributed by atoms with Crippen LogP contribution in [0.4, 0.5) is 0 Å². The highest BCUT2D eigenvalue weighted by molar-refractivity contribution is 9.10. The monoisotopic (exact) mass is 428 g/mol. The topological polar surface area (TPSA) is 80.6 Å². The van der Waals surface area contributed by atoms with Crippen LogP contribution in [0.25, 0.3) is 0 Å². The molecule has 0 atom stereocenters. The van der Waals surface area contributed by atoms with Crippen molar-refractivity contribution in [2.75, 3.05) is 0 Å². The molecule has 27 heavy (non-hydrogen) atoms. The third-order valence-electron chi connectivity index (χ3n) is 3.60. The van der Waals surface area contributed by atoms with Crippen LogP contribution in [-0.2, 0) is 17.8 Å². The number of hydrogen-bond acceptors (Lipinski definition) is 4. The predicted octanol–water partition coefficient (Wildman–Crippen LogP) is 3.62. The number of hydrazine groups is 1. The van der Waals surface area contributed by atoms with Gasteiger partial charge in [0.2, 0.25) is 5.91 Å². The Morgan fingerprint density at radius 3 is 2.41 bits per heavy atom. The van der Waals surface area contributed by atoms with Crippen molar-refractivity contribution < 1.29 is 18.7 Å². The van der Waals surface area contributed by atoms with E-state index in [1.165, 1.54) is 6.07 Å². The molecule has 0 saturated carbocycles. The van der Waals surface area contributed by atoms with Crippen molar-refractivity contribution in [3.8, 4) is 5.75 Å². The van der Waals surface area contributed by atoms with Gasteiger partial charge in [-0.25, -0.2) is 0 Å². The van der Waals surface area contributed by atoms with Gasteiger partial charge in [-0.2, -0.15) is 0 Å². The summed E-state index contributed by atoms with van der Waals surface area (Å²) in [5, 5.41) is 0. The molecule has 0 aliphatic rings. The maximum absolute atomic E-state index is 12.1. The summed E-state index contributed by atoms with van der Waals surface area (Å²) in [5.41, 5.74) is 5.54. The molecule has 6 nitrogen and oxygen atoms in total. The number of nitrogens with one attached hydrogen (secondary N) is 2. The van der Waals surface area contributed by atoms with E-state index in [0.717, 1.165) is 10.0 Å². The predicted molar refractivity (Wildman–Crippen MR) is 103 cm³/mol. The number of carbonyl (C=O) groups is 2. The quantitative estimate of drug-likeness (QED) is 0.587. The first-order valence-electron chi connectivity index (χ1n) is 8.20. The minimum Gasteiger partial charge on any atom is -0.486 e. The standard InChI is InChI=1S/C20H17BrN2O4/c21-15-8-6-14(7-9-15)12-19(24)22-23-20(25)18-11-10-17(27-18)13-26-16-4-2-1-3-5-16/h1-11H,12-13H2,(H,22,24)(H,23,25). The van der Waals surface area contributed by atoms with Gasteiger partial charge in [0.15, 0.2) is 5.76 Å². The van der Waals surface area contributed by atoms with E-state index in [9.17, 15) is 9.59 Å². The number of halogens is 1. The van der Waals surface area contributed by atoms with E-state index in [2.05, 4.69) is 26.8 Å². The Morgan fingerprint density at radius 2 is 1.67 bits per heavy atom. The minimum atomic E-state index is -0.537. The van der Waals surface area contributed by atoms with Gasteiger partial charge in [-0.3, -0.25) is 20.4 Å². The van der Waals surface area contributed by atoms with E-state index in [0.29, 0.717) is 11.5 Å². The van der Waals surface area contributed by atoms with Crippen molar-refractivity contribution in [2.45, 2.75) is 13.0 Å². The SMILES string of the molecule is O=C(Cc1ccc(Br)cc1)NNC(=O)c1ccc(COc2ccccc2)o1. The largest absolute Gasteiger partial charge is 0.486 e. The van der Waals surface area contributed by atoms with Gasteiger partial charge in [0.05, 0.1) is 6.42 Å². The van der Waals surface area contributed by atoms with Gasteiger partial charge in [-0.1, -0.05) is 46.3 Å². The van der Waals surface area contributed by atoms with Crippen LogP contribution in [0.1, 0.15) is 21.9 Å². The Hall–Kier alpha value is -3.06. The highest BCUT2D eigenvalue weighted by Gasteiger charge is 2.13. The molecule has 0 bridgehead atoms. The molecule has 7 heteroatoms. The Kier molecular flexibility index (Phi) is 6.27. The van der Waals surface area contributed by atoms with Crippen molar-refractivity contribution in [3.05, 3.63) is 88.3 Å². The Bertz CT molecular complexity index is 907. The molecule has 0 aliphatic heterocycles. The van der Waals surface area contributed by atoms with Gasteiger partial charge < -0.3 is 9.15 Å². The second-order valence-electron chi connectivity index (χ2n) is 5.67. The molecule has 0 radical (unpaired) electrons. The van der Waals surface area contributed by atoms with E-state index in [4.69, 9.17) is 9.15 Å². The summed E-state index contributed by atoms with van der Waals surface area (Å²) in [4.78, 5) is 24.0. The van der Waals surface area contributed by atoms with Crippen molar-refractivity contribution in [2.24, 2.45) is 0 Å². The summed E-state index contributed by atoms with van der Waals surface area (Å²) >= 11 is 3.34. The van der Waals surface area contributed by atoms with Gasteiger partial charge in [-0.05, 0) is 42.0 Å². The molecule has 0 unspecified atom stereocenters. The average Bonchev–Trinajstić information content (AvgIpc) is 3.16. The fourth-order valence-corrected chi connectivity index (χ4v) is 2.53. The second-order valence-corrected chi connectivity index (χ2v) is 6.59. The first kappa shape index (κ1) is 18.7. The molecule has 0 aliphatic carbocycles. The summed E-state index contributed by atoms with van der Waals surface area (Å²) in [6.07, 6.45) is 0.155. The maximum atomic E-state index is 12.1. The molecule has 138 valence electrons. The van der Waals surface area contributed by atoms with Crippen molar-refractivity contribution in [3.63, 3.8) is 0 Å². The zero-order chi connectivity index (χ0) is 19.1. The molecule has 0 fully saturated rings. The second kappa shape index (κ2) is 9.05. The number of benzene rings is 2. The molecule has 0 spiro atoms. The molecular formula is C20H17BrN2O4. The van der Waals surface area contributed by atoms with Crippen LogP contribution >= 0.6 is 15.9 Å². The summed E-state index contributed by atoms with van der Waals surface area (Å²) < 4.78 is 11.9. The Balaban J connectivity index is 1.46. The van der Waals surface area contributed by atoms with Crippen molar-refractivity contribution >= 4 is 27.7 Å². The lowest BCUT2D eigenvalue weighted by atomic mass is 10.1. The van der Waals surface area contributed by atoms with E-state index in [1.807, 2.05) is 54.6 Å². The first-order valence-corrected chi connectivity index (χ1v) is 8.99. The molecule has 2 amide bonds. The number of ether oxygens (including phenoxy) is 1. The lowest BCUT2D eigenvalue weighted by Gasteiger charge is -2.06. The van der Waals surface area contributed by atoms with Crippen LogP contribution in [0.3, 0.4) is 0 Å². The number of amides is 2. The summed E-state index contributed by atoms with van der Waals surface area (Å²) in [6.45, 7) is 0.202. The molecule has 2 N–H and O–H groups in total. The molecule has 1 aromatic heterocycles. The minimum absolute atomic E-state index is 0.0885. The smallest absolute Gasteiger partial charge is 0.305 e. The van der Waals surface area contributed by atoms with Crippen LogP contribution < -0.4 is 15.6 Å².